The van der Waals surface area contributed by atoms with E-state index in [1.54, 1.807) is 42.5 Å². The maximum Gasteiger partial charge on any atom is 0.264 e. The van der Waals surface area contributed by atoms with Crippen molar-refractivity contribution in [2.45, 2.75) is 44.2 Å². The average Bonchev–Trinajstić information content (AvgIpc) is 3.02. The molecule has 0 saturated heterocycles. The van der Waals surface area contributed by atoms with Crippen molar-refractivity contribution in [1.29, 1.82) is 0 Å². The van der Waals surface area contributed by atoms with Gasteiger partial charge in [-0.05, 0) is 60.9 Å². The van der Waals surface area contributed by atoms with Gasteiger partial charge in [-0.3, -0.25) is 13.9 Å². The maximum absolute atomic E-state index is 14.4. The smallest absolute Gasteiger partial charge is 0.264 e. The molecule has 0 aliphatic heterocycles. The lowest BCUT2D eigenvalue weighted by Gasteiger charge is -2.34. The Morgan fingerprint density at radius 3 is 2.02 bits per heavy atom. The first-order chi connectivity index (χ1) is 20.7. The van der Waals surface area contributed by atoms with Crippen LogP contribution in [0.1, 0.15) is 30.0 Å². The van der Waals surface area contributed by atoms with Gasteiger partial charge in [-0.1, -0.05) is 101 Å². The van der Waals surface area contributed by atoms with Crippen LogP contribution < -0.4 is 9.62 Å². The molecule has 0 saturated carbocycles. The third kappa shape index (κ3) is 8.55. The van der Waals surface area contributed by atoms with Crippen LogP contribution in [0.5, 0.6) is 0 Å². The van der Waals surface area contributed by atoms with Crippen LogP contribution in [0.25, 0.3) is 0 Å². The SMILES string of the molecule is CCCNC(=O)[C@H](Cc1ccccc1)N(Cc1ccc(C)cc1)C(=O)CN(c1ccc(Br)cc1)S(=O)(=O)c1ccccc1. The molecule has 4 aromatic rings. The van der Waals surface area contributed by atoms with E-state index in [-0.39, 0.29) is 23.8 Å². The van der Waals surface area contributed by atoms with E-state index in [0.717, 1.165) is 31.9 Å². The zero-order valence-electron chi connectivity index (χ0n) is 24.3. The summed E-state index contributed by atoms with van der Waals surface area (Å²) in [7, 11) is -4.12. The van der Waals surface area contributed by atoms with Crippen molar-refractivity contribution in [2.75, 3.05) is 17.4 Å². The van der Waals surface area contributed by atoms with Gasteiger partial charge in [0.05, 0.1) is 10.6 Å². The third-order valence-corrected chi connectivity index (χ3v) is 9.34. The number of sulfonamides is 1. The molecule has 1 N–H and O–H groups in total. The largest absolute Gasteiger partial charge is 0.354 e. The van der Waals surface area contributed by atoms with Gasteiger partial charge >= 0.3 is 0 Å². The summed E-state index contributed by atoms with van der Waals surface area (Å²) in [4.78, 5) is 29.6. The minimum atomic E-state index is -4.12. The molecule has 1 atom stereocenters. The molecule has 2 amide bonds. The van der Waals surface area contributed by atoms with Crippen LogP contribution in [-0.4, -0.2) is 44.3 Å². The van der Waals surface area contributed by atoms with E-state index in [4.69, 9.17) is 0 Å². The number of carbonyl (C=O) groups excluding carboxylic acids is 2. The van der Waals surface area contributed by atoms with Gasteiger partial charge in [0.15, 0.2) is 0 Å². The summed E-state index contributed by atoms with van der Waals surface area (Å²) >= 11 is 3.41. The highest BCUT2D eigenvalue weighted by atomic mass is 79.9. The first-order valence-corrected chi connectivity index (χ1v) is 16.4. The molecule has 0 unspecified atom stereocenters. The fourth-order valence-electron chi connectivity index (χ4n) is 4.67. The summed E-state index contributed by atoms with van der Waals surface area (Å²) in [6.45, 7) is 4.05. The van der Waals surface area contributed by atoms with E-state index < -0.39 is 28.5 Å². The maximum atomic E-state index is 14.4. The van der Waals surface area contributed by atoms with Gasteiger partial charge in [-0.25, -0.2) is 8.42 Å². The quantitative estimate of drug-likeness (QED) is 0.187. The van der Waals surface area contributed by atoms with Gasteiger partial charge in [-0.15, -0.1) is 0 Å². The van der Waals surface area contributed by atoms with Gasteiger partial charge in [0.25, 0.3) is 10.0 Å². The summed E-state index contributed by atoms with van der Waals surface area (Å²) in [6, 6.07) is 31.2. The number of nitrogens with zero attached hydrogens (tertiary/aromatic N) is 2. The lowest BCUT2D eigenvalue weighted by atomic mass is 10.0. The van der Waals surface area contributed by atoms with Crippen LogP contribution >= 0.6 is 15.9 Å². The van der Waals surface area contributed by atoms with E-state index >= 15 is 0 Å². The van der Waals surface area contributed by atoms with Crippen molar-refractivity contribution in [2.24, 2.45) is 0 Å². The minimum absolute atomic E-state index is 0.0670. The second-order valence-electron chi connectivity index (χ2n) is 10.3. The van der Waals surface area contributed by atoms with Crippen molar-refractivity contribution in [3.05, 3.63) is 130 Å². The normalized spacial score (nSPS) is 11.9. The number of rotatable bonds is 13. The molecule has 0 fully saturated rings. The van der Waals surface area contributed by atoms with E-state index in [9.17, 15) is 18.0 Å². The van der Waals surface area contributed by atoms with Crippen LogP contribution in [-0.2, 0) is 32.6 Å². The topological polar surface area (TPSA) is 86.8 Å². The van der Waals surface area contributed by atoms with Crippen LogP contribution in [0.15, 0.2) is 119 Å². The Morgan fingerprint density at radius 1 is 0.814 bits per heavy atom. The van der Waals surface area contributed by atoms with Crippen molar-refractivity contribution >= 4 is 43.5 Å². The summed E-state index contributed by atoms with van der Waals surface area (Å²) in [6.07, 6.45) is 1.01. The van der Waals surface area contributed by atoms with Gasteiger partial charge in [0, 0.05) is 24.0 Å². The summed E-state index contributed by atoms with van der Waals surface area (Å²) < 4.78 is 29.8. The lowest BCUT2D eigenvalue weighted by molar-refractivity contribution is -0.140. The Labute approximate surface area is 262 Å². The summed E-state index contributed by atoms with van der Waals surface area (Å²) in [5.74, 6) is -0.775. The van der Waals surface area contributed by atoms with E-state index in [1.807, 2.05) is 68.4 Å². The van der Waals surface area contributed by atoms with Gasteiger partial charge < -0.3 is 10.2 Å². The monoisotopic (exact) mass is 661 g/mol. The Balaban J connectivity index is 1.78. The molecule has 7 nitrogen and oxygen atoms in total. The number of aryl methyl sites for hydroxylation is 1. The van der Waals surface area contributed by atoms with E-state index in [2.05, 4.69) is 21.2 Å². The highest BCUT2D eigenvalue weighted by Crippen LogP contribution is 2.26. The first-order valence-electron chi connectivity index (χ1n) is 14.2. The van der Waals surface area contributed by atoms with Gasteiger partial charge in [0.1, 0.15) is 12.6 Å². The molecule has 0 spiro atoms. The van der Waals surface area contributed by atoms with Crippen molar-refractivity contribution in [3.63, 3.8) is 0 Å². The Bertz CT molecular complexity index is 1600. The first kappa shape index (κ1) is 32.0. The Morgan fingerprint density at radius 2 is 1.42 bits per heavy atom. The minimum Gasteiger partial charge on any atom is -0.354 e. The summed E-state index contributed by atoms with van der Waals surface area (Å²) in [5.41, 5.74) is 3.13. The summed E-state index contributed by atoms with van der Waals surface area (Å²) in [5, 5.41) is 2.96. The van der Waals surface area contributed by atoms with Crippen LogP contribution in [0.4, 0.5) is 5.69 Å². The van der Waals surface area contributed by atoms with Crippen molar-refractivity contribution in [1.82, 2.24) is 10.2 Å². The van der Waals surface area contributed by atoms with Gasteiger partial charge in [-0.2, -0.15) is 0 Å². The molecule has 0 heterocycles. The number of carbonyl (C=O) groups is 2. The second-order valence-corrected chi connectivity index (χ2v) is 13.1. The molecule has 4 aromatic carbocycles. The Kier molecular flexibility index (Phi) is 11.1. The number of hydrogen-bond donors (Lipinski definition) is 1. The van der Waals surface area contributed by atoms with Crippen molar-refractivity contribution < 1.29 is 18.0 Å². The van der Waals surface area contributed by atoms with Crippen LogP contribution in [0.3, 0.4) is 0 Å². The van der Waals surface area contributed by atoms with Crippen molar-refractivity contribution in [3.8, 4) is 0 Å². The molecule has 0 bridgehead atoms. The van der Waals surface area contributed by atoms with Crippen LogP contribution in [0.2, 0.25) is 0 Å². The van der Waals surface area contributed by atoms with Crippen LogP contribution in [0, 0.1) is 6.92 Å². The molecule has 224 valence electrons. The fraction of sp³-hybridized carbons (Fsp3) is 0.235. The highest BCUT2D eigenvalue weighted by Gasteiger charge is 2.34. The molecule has 0 aliphatic rings. The molecule has 4 rings (SSSR count). The highest BCUT2D eigenvalue weighted by molar-refractivity contribution is 9.10. The van der Waals surface area contributed by atoms with E-state index in [1.165, 1.54) is 17.0 Å². The zero-order chi connectivity index (χ0) is 30.8. The number of hydrogen-bond acceptors (Lipinski definition) is 4. The number of nitrogens with one attached hydrogen (secondary N) is 1. The lowest BCUT2D eigenvalue weighted by Crippen LogP contribution is -2.53. The molecular formula is C34H36BrN3O4S. The number of halogens is 1. The fourth-order valence-corrected chi connectivity index (χ4v) is 6.37. The third-order valence-electron chi connectivity index (χ3n) is 7.02. The molecule has 0 radical (unpaired) electrons. The Hall–Kier alpha value is -3.95. The number of amides is 2. The predicted molar refractivity (Wildman–Crippen MR) is 174 cm³/mol. The molecule has 0 aliphatic carbocycles. The zero-order valence-corrected chi connectivity index (χ0v) is 26.7. The second kappa shape index (κ2) is 15.0. The molecule has 0 aromatic heterocycles. The molecular weight excluding hydrogens is 626 g/mol. The van der Waals surface area contributed by atoms with Gasteiger partial charge in [0.2, 0.25) is 11.8 Å². The van der Waals surface area contributed by atoms with E-state index in [0.29, 0.717) is 12.2 Å². The number of benzene rings is 4. The average molecular weight is 663 g/mol. The number of anilines is 1. The molecule has 43 heavy (non-hydrogen) atoms. The predicted octanol–water partition coefficient (Wildman–Crippen LogP) is 6.12. The standard InChI is InChI=1S/C34H36BrN3O4S/c1-3-22-36-34(40)32(23-27-10-6-4-7-11-27)37(24-28-16-14-26(2)15-17-28)33(39)25-38(30-20-18-29(35)19-21-30)43(41,42)31-12-8-5-9-13-31/h4-21,32H,3,22-25H2,1-2H3,(H,36,40)/t32-/m0/s1. The molecule has 9 heteroatoms.